The van der Waals surface area contributed by atoms with Crippen LogP contribution in [0.5, 0.6) is 5.75 Å². The summed E-state index contributed by atoms with van der Waals surface area (Å²) in [5, 5.41) is 12.2. The van der Waals surface area contributed by atoms with Gasteiger partial charge in [0.25, 0.3) is 0 Å². The molecule has 0 spiro atoms. The molecule has 1 aromatic carbocycles. The van der Waals surface area contributed by atoms with Gasteiger partial charge in [-0.1, -0.05) is 11.6 Å². The molecule has 0 saturated heterocycles. The van der Waals surface area contributed by atoms with Crippen molar-refractivity contribution >= 4 is 23.3 Å². The summed E-state index contributed by atoms with van der Waals surface area (Å²) in [6.45, 7) is 0.114. The lowest BCUT2D eigenvalue weighted by Crippen LogP contribution is -2.38. The molecule has 2 N–H and O–H groups in total. The van der Waals surface area contributed by atoms with E-state index in [0.29, 0.717) is 16.5 Å². The Morgan fingerprint density at radius 3 is 3.14 bits per heavy atom. The van der Waals surface area contributed by atoms with Crippen molar-refractivity contribution < 1.29 is 14.6 Å². The van der Waals surface area contributed by atoms with Gasteiger partial charge < -0.3 is 15.2 Å². The van der Waals surface area contributed by atoms with Crippen LogP contribution < -0.4 is 10.1 Å². The normalized spacial score (nSPS) is 19.1. The van der Waals surface area contributed by atoms with Crippen molar-refractivity contribution in [1.82, 2.24) is 0 Å². The summed E-state index contributed by atoms with van der Waals surface area (Å²) in [5.74, 6) is -0.333. The molecule has 1 aliphatic heterocycles. The molecule has 74 valence electrons. The quantitative estimate of drug-likeness (QED) is 0.744. The van der Waals surface area contributed by atoms with Gasteiger partial charge >= 0.3 is 5.97 Å². The Kier molecular flexibility index (Phi) is 2.21. The highest BCUT2D eigenvalue weighted by atomic mass is 35.5. The molecule has 0 aliphatic carbocycles. The SMILES string of the molecule is O=C(O)C1COc2cc(Cl)ccc2N1. The third kappa shape index (κ3) is 1.61. The second-order valence-corrected chi connectivity index (χ2v) is 3.42. The number of hydrogen-bond donors (Lipinski definition) is 2. The molecule has 0 radical (unpaired) electrons. The number of carbonyl (C=O) groups is 1. The highest BCUT2D eigenvalue weighted by molar-refractivity contribution is 6.30. The number of benzene rings is 1. The Balaban J connectivity index is 2.27. The van der Waals surface area contributed by atoms with Crippen LogP contribution in [0.4, 0.5) is 5.69 Å². The molecule has 1 aliphatic rings. The van der Waals surface area contributed by atoms with Gasteiger partial charge in [0.1, 0.15) is 12.4 Å². The number of carboxylic acids is 1. The Labute approximate surface area is 85.4 Å². The summed E-state index contributed by atoms with van der Waals surface area (Å²) < 4.78 is 5.25. The molecular formula is C9H8ClNO3. The number of aliphatic carboxylic acids is 1. The lowest BCUT2D eigenvalue weighted by molar-refractivity contribution is -0.138. The van der Waals surface area contributed by atoms with Crippen molar-refractivity contribution in [3.05, 3.63) is 23.2 Å². The van der Waals surface area contributed by atoms with Crippen LogP contribution in [0.25, 0.3) is 0 Å². The average Bonchev–Trinajstić information content (AvgIpc) is 2.16. The number of halogens is 1. The Bertz CT molecular complexity index is 380. The standard InChI is InChI=1S/C9H8ClNO3/c10-5-1-2-6-8(3-5)14-4-7(11-6)9(12)13/h1-3,7,11H,4H2,(H,12,13). The van der Waals surface area contributed by atoms with Gasteiger partial charge in [-0.05, 0) is 12.1 Å². The molecule has 0 bridgehead atoms. The first-order chi connectivity index (χ1) is 6.66. The number of hydrogen-bond acceptors (Lipinski definition) is 3. The third-order valence-corrected chi connectivity index (χ3v) is 2.21. The summed E-state index contributed by atoms with van der Waals surface area (Å²) in [6.07, 6.45) is 0. The second kappa shape index (κ2) is 3.38. The van der Waals surface area contributed by atoms with Gasteiger partial charge in [0.05, 0.1) is 5.69 Å². The van der Waals surface area contributed by atoms with Crippen molar-refractivity contribution in [1.29, 1.82) is 0 Å². The molecule has 0 fully saturated rings. The fourth-order valence-electron chi connectivity index (χ4n) is 1.27. The average molecular weight is 214 g/mol. The van der Waals surface area contributed by atoms with Gasteiger partial charge in [0, 0.05) is 11.1 Å². The van der Waals surface area contributed by atoms with Crippen molar-refractivity contribution in [2.45, 2.75) is 6.04 Å². The fourth-order valence-corrected chi connectivity index (χ4v) is 1.43. The smallest absolute Gasteiger partial charge is 0.329 e. The van der Waals surface area contributed by atoms with Crippen LogP contribution in [0.1, 0.15) is 0 Å². The number of anilines is 1. The van der Waals surface area contributed by atoms with E-state index in [9.17, 15) is 4.79 Å². The lowest BCUT2D eigenvalue weighted by Gasteiger charge is -2.24. The molecule has 1 heterocycles. The van der Waals surface area contributed by atoms with Crippen LogP contribution in [-0.2, 0) is 4.79 Å². The van der Waals surface area contributed by atoms with Crippen LogP contribution in [0.3, 0.4) is 0 Å². The van der Waals surface area contributed by atoms with E-state index < -0.39 is 12.0 Å². The maximum atomic E-state index is 10.7. The van der Waals surface area contributed by atoms with Crippen molar-refractivity contribution in [3.63, 3.8) is 0 Å². The van der Waals surface area contributed by atoms with E-state index in [1.54, 1.807) is 18.2 Å². The molecule has 0 saturated carbocycles. The molecule has 1 atom stereocenters. The molecule has 1 unspecified atom stereocenters. The van der Waals surface area contributed by atoms with Gasteiger partial charge in [-0.15, -0.1) is 0 Å². The van der Waals surface area contributed by atoms with E-state index in [-0.39, 0.29) is 6.61 Å². The zero-order valence-corrected chi connectivity index (χ0v) is 7.91. The van der Waals surface area contributed by atoms with Crippen LogP contribution in [-0.4, -0.2) is 23.7 Å². The topological polar surface area (TPSA) is 58.6 Å². The van der Waals surface area contributed by atoms with E-state index >= 15 is 0 Å². The minimum absolute atomic E-state index is 0.114. The van der Waals surface area contributed by atoms with E-state index in [1.165, 1.54) is 0 Å². The number of nitrogens with one attached hydrogen (secondary N) is 1. The predicted octanol–water partition coefficient (Wildman–Crippen LogP) is 1.60. The predicted molar refractivity (Wildman–Crippen MR) is 52.0 cm³/mol. The van der Waals surface area contributed by atoms with Crippen LogP contribution in [0.15, 0.2) is 18.2 Å². The first kappa shape index (κ1) is 9.15. The van der Waals surface area contributed by atoms with Crippen LogP contribution in [0.2, 0.25) is 5.02 Å². The van der Waals surface area contributed by atoms with Crippen LogP contribution >= 0.6 is 11.6 Å². The van der Waals surface area contributed by atoms with Crippen molar-refractivity contribution in [2.75, 3.05) is 11.9 Å². The fraction of sp³-hybridized carbons (Fsp3) is 0.222. The highest BCUT2D eigenvalue weighted by Crippen LogP contribution is 2.31. The summed E-state index contributed by atoms with van der Waals surface area (Å²) in [4.78, 5) is 10.7. The molecule has 0 aromatic heterocycles. The summed E-state index contributed by atoms with van der Waals surface area (Å²) in [7, 11) is 0. The minimum atomic E-state index is -0.925. The maximum absolute atomic E-state index is 10.7. The number of rotatable bonds is 1. The van der Waals surface area contributed by atoms with Gasteiger partial charge in [0.15, 0.2) is 6.04 Å². The molecule has 14 heavy (non-hydrogen) atoms. The van der Waals surface area contributed by atoms with Crippen molar-refractivity contribution in [2.24, 2.45) is 0 Å². The third-order valence-electron chi connectivity index (χ3n) is 1.98. The van der Waals surface area contributed by atoms with Crippen molar-refractivity contribution in [3.8, 4) is 5.75 Å². The molecule has 1 aromatic rings. The van der Waals surface area contributed by atoms with E-state index in [1.807, 2.05) is 0 Å². The monoisotopic (exact) mass is 213 g/mol. The zero-order chi connectivity index (χ0) is 10.1. The second-order valence-electron chi connectivity index (χ2n) is 2.99. The first-order valence-corrected chi connectivity index (χ1v) is 4.46. The first-order valence-electron chi connectivity index (χ1n) is 4.08. The summed E-state index contributed by atoms with van der Waals surface area (Å²) in [6, 6.07) is 4.35. The highest BCUT2D eigenvalue weighted by Gasteiger charge is 2.24. The molecule has 2 rings (SSSR count). The summed E-state index contributed by atoms with van der Waals surface area (Å²) >= 11 is 5.75. The maximum Gasteiger partial charge on any atom is 0.329 e. The summed E-state index contributed by atoms with van der Waals surface area (Å²) in [5.41, 5.74) is 0.660. The Hall–Kier alpha value is -1.42. The molecule has 0 amide bonds. The molecule has 5 heteroatoms. The number of carboxylic acid groups (broad SMARTS) is 1. The number of ether oxygens (including phenoxy) is 1. The Morgan fingerprint density at radius 2 is 2.43 bits per heavy atom. The largest absolute Gasteiger partial charge is 0.489 e. The lowest BCUT2D eigenvalue weighted by atomic mass is 10.2. The van der Waals surface area contributed by atoms with E-state index in [4.69, 9.17) is 21.4 Å². The number of fused-ring (bicyclic) bond motifs is 1. The van der Waals surface area contributed by atoms with E-state index in [2.05, 4.69) is 5.32 Å². The van der Waals surface area contributed by atoms with Gasteiger partial charge in [-0.3, -0.25) is 0 Å². The molecular weight excluding hydrogens is 206 g/mol. The molecule has 4 nitrogen and oxygen atoms in total. The Morgan fingerprint density at radius 1 is 1.64 bits per heavy atom. The minimum Gasteiger partial charge on any atom is -0.489 e. The van der Waals surface area contributed by atoms with Gasteiger partial charge in [0.2, 0.25) is 0 Å². The van der Waals surface area contributed by atoms with Crippen LogP contribution in [0, 0.1) is 0 Å². The van der Waals surface area contributed by atoms with E-state index in [0.717, 1.165) is 0 Å². The van der Waals surface area contributed by atoms with Gasteiger partial charge in [-0.2, -0.15) is 0 Å². The van der Waals surface area contributed by atoms with Gasteiger partial charge in [-0.25, -0.2) is 4.79 Å². The zero-order valence-electron chi connectivity index (χ0n) is 7.16.